The largest absolute Gasteiger partial charge is 0.401 e. The first-order valence-electron chi connectivity index (χ1n) is 5.88. The summed E-state index contributed by atoms with van der Waals surface area (Å²) in [4.78, 5) is 1.06. The van der Waals surface area contributed by atoms with Crippen LogP contribution in [0.25, 0.3) is 0 Å². The monoisotopic (exact) mass is 279 g/mol. The molecule has 2 unspecified atom stereocenters. The first-order valence-corrected chi connectivity index (χ1v) is 5.88. The minimum Gasteiger partial charge on any atom is -0.388 e. The molecule has 19 heavy (non-hydrogen) atoms. The molecule has 6 heteroatoms. The maximum absolute atomic E-state index is 13.5. The molecular weight excluding hydrogens is 262 g/mol. The first kappa shape index (κ1) is 15.9. The van der Waals surface area contributed by atoms with Crippen LogP contribution in [-0.2, 0) is 0 Å². The van der Waals surface area contributed by atoms with Gasteiger partial charge < -0.3 is 5.11 Å². The van der Waals surface area contributed by atoms with Gasteiger partial charge in [-0.05, 0) is 19.0 Å². The zero-order chi connectivity index (χ0) is 14.6. The average molecular weight is 279 g/mol. The molecule has 1 aromatic carbocycles. The smallest absolute Gasteiger partial charge is 0.388 e. The number of benzene rings is 1. The second kappa shape index (κ2) is 6.34. The van der Waals surface area contributed by atoms with Crippen LogP contribution in [0, 0.1) is 11.7 Å². The Balaban J connectivity index is 2.63. The topological polar surface area (TPSA) is 23.5 Å². The third kappa shape index (κ3) is 5.16. The van der Waals surface area contributed by atoms with Gasteiger partial charge in [-0.25, -0.2) is 4.39 Å². The molecule has 0 fully saturated rings. The zero-order valence-electron chi connectivity index (χ0n) is 10.8. The Morgan fingerprint density at radius 2 is 1.84 bits per heavy atom. The van der Waals surface area contributed by atoms with Crippen molar-refractivity contribution in [3.63, 3.8) is 0 Å². The van der Waals surface area contributed by atoms with Crippen LogP contribution in [0.3, 0.4) is 0 Å². The number of hydrogen-bond donors (Lipinski definition) is 1. The number of aliphatic hydroxyl groups is 1. The van der Waals surface area contributed by atoms with E-state index in [0.717, 1.165) is 4.90 Å². The molecule has 108 valence electrons. The van der Waals surface area contributed by atoms with Crippen molar-refractivity contribution < 1.29 is 22.7 Å². The summed E-state index contributed by atoms with van der Waals surface area (Å²) in [5.41, 5.74) is 0.107. The molecule has 1 aromatic rings. The van der Waals surface area contributed by atoms with Gasteiger partial charge in [0, 0.05) is 12.1 Å². The summed E-state index contributed by atoms with van der Waals surface area (Å²) in [6.07, 6.45) is -5.41. The van der Waals surface area contributed by atoms with Crippen LogP contribution >= 0.6 is 0 Å². The number of aliphatic hydroxyl groups excluding tert-OH is 1. The summed E-state index contributed by atoms with van der Waals surface area (Å²) < 4.78 is 50.0. The van der Waals surface area contributed by atoms with Gasteiger partial charge >= 0.3 is 6.18 Å². The highest BCUT2D eigenvalue weighted by Gasteiger charge is 2.30. The van der Waals surface area contributed by atoms with Gasteiger partial charge in [-0.2, -0.15) is 13.2 Å². The van der Waals surface area contributed by atoms with Gasteiger partial charge in [-0.3, -0.25) is 4.90 Å². The maximum atomic E-state index is 13.5. The Bertz CT molecular complexity index is 408. The number of halogens is 4. The highest BCUT2D eigenvalue weighted by atomic mass is 19.4. The molecule has 2 atom stereocenters. The van der Waals surface area contributed by atoms with Crippen LogP contribution < -0.4 is 0 Å². The number of alkyl halides is 3. The second-order valence-electron chi connectivity index (χ2n) is 4.76. The van der Waals surface area contributed by atoms with E-state index in [1.807, 2.05) is 0 Å². The van der Waals surface area contributed by atoms with Crippen molar-refractivity contribution in [3.05, 3.63) is 35.6 Å². The molecule has 0 aliphatic rings. The Hall–Kier alpha value is -1.14. The van der Waals surface area contributed by atoms with Crippen LogP contribution in [0.1, 0.15) is 18.6 Å². The Morgan fingerprint density at radius 3 is 2.37 bits per heavy atom. The fraction of sp³-hybridized carbons (Fsp3) is 0.538. The Morgan fingerprint density at radius 1 is 1.26 bits per heavy atom. The fourth-order valence-corrected chi connectivity index (χ4v) is 1.98. The lowest BCUT2D eigenvalue weighted by molar-refractivity contribution is -0.145. The quantitative estimate of drug-likeness (QED) is 0.838. The number of rotatable bonds is 5. The van der Waals surface area contributed by atoms with Crippen molar-refractivity contribution in [3.8, 4) is 0 Å². The normalized spacial score (nSPS) is 15.6. The molecule has 0 aliphatic heterocycles. The van der Waals surface area contributed by atoms with Gasteiger partial charge in [0.25, 0.3) is 0 Å². The van der Waals surface area contributed by atoms with E-state index >= 15 is 0 Å². The number of nitrogens with zero attached hydrogens (tertiary/aromatic N) is 1. The molecule has 0 saturated heterocycles. The van der Waals surface area contributed by atoms with Gasteiger partial charge in [-0.15, -0.1) is 0 Å². The Kier molecular flexibility index (Phi) is 5.31. The van der Waals surface area contributed by atoms with Crippen LogP contribution in [-0.4, -0.2) is 36.3 Å². The molecule has 0 saturated carbocycles. The summed E-state index contributed by atoms with van der Waals surface area (Å²) in [6, 6.07) is 5.71. The van der Waals surface area contributed by atoms with Gasteiger partial charge in [-0.1, -0.05) is 25.1 Å². The minimum absolute atomic E-state index is 0.0228. The Labute approximate surface area is 109 Å². The van der Waals surface area contributed by atoms with Crippen molar-refractivity contribution in [1.82, 2.24) is 4.90 Å². The van der Waals surface area contributed by atoms with Crippen molar-refractivity contribution in [2.45, 2.75) is 19.2 Å². The molecule has 0 spiro atoms. The lowest BCUT2D eigenvalue weighted by Gasteiger charge is -2.26. The molecule has 2 nitrogen and oxygen atoms in total. The van der Waals surface area contributed by atoms with Gasteiger partial charge in [0.2, 0.25) is 0 Å². The van der Waals surface area contributed by atoms with Crippen molar-refractivity contribution in [2.24, 2.45) is 5.92 Å². The van der Waals surface area contributed by atoms with E-state index in [2.05, 4.69) is 0 Å². The highest BCUT2D eigenvalue weighted by Crippen LogP contribution is 2.25. The lowest BCUT2D eigenvalue weighted by atomic mass is 9.96. The summed E-state index contributed by atoms with van der Waals surface area (Å²) in [6.45, 7) is 0.556. The maximum Gasteiger partial charge on any atom is 0.401 e. The second-order valence-corrected chi connectivity index (χ2v) is 4.76. The van der Waals surface area contributed by atoms with E-state index in [0.29, 0.717) is 0 Å². The predicted molar refractivity (Wildman–Crippen MR) is 64.1 cm³/mol. The average Bonchev–Trinajstić information content (AvgIpc) is 2.26. The first-order chi connectivity index (χ1) is 8.70. The van der Waals surface area contributed by atoms with Crippen LogP contribution in [0.2, 0.25) is 0 Å². The van der Waals surface area contributed by atoms with E-state index < -0.39 is 30.6 Å². The molecular formula is C13H17F4NO. The van der Waals surface area contributed by atoms with E-state index in [-0.39, 0.29) is 12.1 Å². The lowest BCUT2D eigenvalue weighted by Crippen LogP contribution is -2.35. The highest BCUT2D eigenvalue weighted by molar-refractivity contribution is 5.20. The third-order valence-corrected chi connectivity index (χ3v) is 2.81. The molecule has 0 heterocycles. The summed E-state index contributed by atoms with van der Waals surface area (Å²) in [5.74, 6) is -1.07. The van der Waals surface area contributed by atoms with Crippen LogP contribution in [0.15, 0.2) is 24.3 Å². The number of hydrogen-bond acceptors (Lipinski definition) is 2. The summed E-state index contributed by atoms with van der Waals surface area (Å²) in [5, 5.41) is 9.97. The molecule has 0 aromatic heterocycles. The van der Waals surface area contributed by atoms with E-state index in [9.17, 15) is 22.7 Å². The standard InChI is InChI=1S/C13H17F4NO/c1-9(7-18(2)8-13(15,16)17)12(19)10-5-3-4-6-11(10)14/h3-6,9,12,19H,7-8H2,1-2H3. The molecule has 1 N–H and O–H groups in total. The van der Waals surface area contributed by atoms with Crippen LogP contribution in [0.4, 0.5) is 17.6 Å². The van der Waals surface area contributed by atoms with Gasteiger partial charge in [0.15, 0.2) is 0 Å². The molecule has 0 amide bonds. The fourth-order valence-electron chi connectivity index (χ4n) is 1.98. The molecule has 0 aliphatic carbocycles. The predicted octanol–water partition coefficient (Wildman–Crippen LogP) is 2.99. The molecule has 1 rings (SSSR count). The van der Waals surface area contributed by atoms with Gasteiger partial charge in [0.05, 0.1) is 12.6 Å². The third-order valence-electron chi connectivity index (χ3n) is 2.81. The van der Waals surface area contributed by atoms with E-state index in [4.69, 9.17) is 0 Å². The van der Waals surface area contributed by atoms with Crippen molar-refractivity contribution in [1.29, 1.82) is 0 Å². The van der Waals surface area contributed by atoms with Crippen molar-refractivity contribution in [2.75, 3.05) is 20.1 Å². The zero-order valence-corrected chi connectivity index (χ0v) is 10.8. The van der Waals surface area contributed by atoms with Gasteiger partial charge in [0.1, 0.15) is 5.82 Å². The molecule has 0 bridgehead atoms. The van der Waals surface area contributed by atoms with E-state index in [1.165, 1.54) is 25.2 Å². The molecule has 0 radical (unpaired) electrons. The van der Waals surface area contributed by atoms with Crippen molar-refractivity contribution >= 4 is 0 Å². The SMILES string of the molecule is CC(CN(C)CC(F)(F)F)C(O)c1ccccc1F. The van der Waals surface area contributed by atoms with E-state index in [1.54, 1.807) is 13.0 Å². The van der Waals surface area contributed by atoms with Crippen LogP contribution in [0.5, 0.6) is 0 Å². The summed E-state index contributed by atoms with van der Waals surface area (Å²) >= 11 is 0. The summed E-state index contributed by atoms with van der Waals surface area (Å²) in [7, 11) is 1.32. The minimum atomic E-state index is -4.28.